The van der Waals surface area contributed by atoms with Crippen molar-refractivity contribution in [3.63, 3.8) is 0 Å². The van der Waals surface area contributed by atoms with E-state index in [4.69, 9.17) is 5.73 Å². The minimum atomic E-state index is -4.11. The van der Waals surface area contributed by atoms with Crippen LogP contribution in [-0.4, -0.2) is 18.6 Å². The van der Waals surface area contributed by atoms with Crippen molar-refractivity contribution in [2.45, 2.75) is 18.4 Å². The van der Waals surface area contributed by atoms with E-state index in [0.29, 0.717) is 0 Å². The van der Waals surface area contributed by atoms with Gasteiger partial charge in [-0.2, -0.15) is 5.10 Å². The minimum Gasteiger partial charge on any atom is -0.325 e. The molecule has 0 saturated carbocycles. The molecule has 0 amide bonds. The standard InChI is InChI=1S/C11H12F2N4O2S/c1-6-11(10(5-14)16-15-6)20(18,19)17-9-4-7(12)2-3-8(9)13/h2-4,17H,5,14H2,1H3,(H,15,16). The molecule has 0 atom stereocenters. The Kier molecular flexibility index (Phi) is 3.73. The van der Waals surface area contributed by atoms with Crippen LogP contribution in [0.4, 0.5) is 14.5 Å². The number of aromatic amines is 1. The number of benzene rings is 1. The number of rotatable bonds is 4. The highest BCUT2D eigenvalue weighted by Crippen LogP contribution is 2.23. The van der Waals surface area contributed by atoms with Gasteiger partial charge in [0.1, 0.15) is 16.5 Å². The first-order valence-corrected chi connectivity index (χ1v) is 7.05. The number of nitrogens with zero attached hydrogens (tertiary/aromatic N) is 1. The quantitative estimate of drug-likeness (QED) is 0.791. The second-order valence-electron chi connectivity index (χ2n) is 4.06. The molecule has 1 aromatic heterocycles. The van der Waals surface area contributed by atoms with Gasteiger partial charge in [0, 0.05) is 12.6 Å². The summed E-state index contributed by atoms with van der Waals surface area (Å²) >= 11 is 0. The number of H-pyrrole nitrogens is 1. The van der Waals surface area contributed by atoms with E-state index in [1.807, 2.05) is 4.72 Å². The van der Waals surface area contributed by atoms with Crippen LogP contribution in [0.25, 0.3) is 0 Å². The van der Waals surface area contributed by atoms with E-state index in [0.717, 1.165) is 18.2 Å². The largest absolute Gasteiger partial charge is 0.325 e. The first-order chi connectivity index (χ1) is 9.35. The third-order valence-corrected chi connectivity index (χ3v) is 4.16. The summed E-state index contributed by atoms with van der Waals surface area (Å²) < 4.78 is 52.9. The van der Waals surface area contributed by atoms with E-state index in [-0.39, 0.29) is 22.8 Å². The van der Waals surface area contributed by atoms with E-state index >= 15 is 0 Å². The minimum absolute atomic E-state index is 0.105. The third kappa shape index (κ3) is 2.63. The van der Waals surface area contributed by atoms with Crippen LogP contribution in [0.2, 0.25) is 0 Å². The summed E-state index contributed by atoms with van der Waals surface area (Å²) in [5.74, 6) is -1.64. The first-order valence-electron chi connectivity index (χ1n) is 5.57. The maximum atomic E-state index is 13.5. The molecule has 0 unspecified atom stereocenters. The number of sulfonamides is 1. The van der Waals surface area contributed by atoms with Crippen molar-refractivity contribution in [3.8, 4) is 0 Å². The zero-order valence-corrected chi connectivity index (χ0v) is 11.3. The number of nitrogens with one attached hydrogen (secondary N) is 2. The van der Waals surface area contributed by atoms with Crippen LogP contribution in [0.1, 0.15) is 11.4 Å². The van der Waals surface area contributed by atoms with Gasteiger partial charge in [0.25, 0.3) is 10.0 Å². The summed E-state index contributed by atoms with van der Waals surface area (Å²) in [7, 11) is -4.11. The van der Waals surface area contributed by atoms with Gasteiger partial charge in [0.2, 0.25) is 0 Å². The molecule has 0 aliphatic heterocycles. The predicted octanol–water partition coefficient (Wildman–Crippen LogP) is 1.26. The van der Waals surface area contributed by atoms with Gasteiger partial charge in [-0.3, -0.25) is 9.82 Å². The van der Waals surface area contributed by atoms with Crippen LogP contribution in [0.15, 0.2) is 23.1 Å². The fourth-order valence-corrected chi connectivity index (χ4v) is 3.17. The molecule has 0 saturated heterocycles. The first kappa shape index (κ1) is 14.4. The number of halogens is 2. The van der Waals surface area contributed by atoms with Gasteiger partial charge in [-0.05, 0) is 19.1 Å². The van der Waals surface area contributed by atoms with Crippen LogP contribution < -0.4 is 10.5 Å². The van der Waals surface area contributed by atoms with Gasteiger partial charge in [-0.15, -0.1) is 0 Å². The maximum absolute atomic E-state index is 13.5. The van der Waals surface area contributed by atoms with Gasteiger partial charge in [-0.1, -0.05) is 0 Å². The molecule has 2 aromatic rings. The van der Waals surface area contributed by atoms with Gasteiger partial charge in [0.15, 0.2) is 0 Å². The Hall–Kier alpha value is -2.00. The molecular formula is C11H12F2N4O2S. The summed E-state index contributed by atoms with van der Waals surface area (Å²) in [6.07, 6.45) is 0. The Morgan fingerprint density at radius 1 is 1.40 bits per heavy atom. The summed E-state index contributed by atoms with van der Waals surface area (Å²) in [5, 5.41) is 6.23. The predicted molar refractivity (Wildman–Crippen MR) is 68.4 cm³/mol. The van der Waals surface area contributed by atoms with Crippen LogP contribution in [0, 0.1) is 18.6 Å². The van der Waals surface area contributed by atoms with Gasteiger partial charge in [-0.25, -0.2) is 17.2 Å². The monoisotopic (exact) mass is 302 g/mol. The Morgan fingerprint density at radius 3 is 2.75 bits per heavy atom. The molecule has 0 bridgehead atoms. The highest BCUT2D eigenvalue weighted by molar-refractivity contribution is 7.92. The zero-order chi connectivity index (χ0) is 14.9. The normalized spacial score (nSPS) is 11.6. The smallest absolute Gasteiger partial charge is 0.265 e. The fourth-order valence-electron chi connectivity index (χ4n) is 1.74. The molecule has 0 fully saturated rings. The second-order valence-corrected chi connectivity index (χ2v) is 5.68. The van der Waals surface area contributed by atoms with Crippen LogP contribution in [0.5, 0.6) is 0 Å². The van der Waals surface area contributed by atoms with Crippen LogP contribution >= 0.6 is 0 Å². The van der Waals surface area contributed by atoms with Crippen LogP contribution in [0.3, 0.4) is 0 Å². The average molecular weight is 302 g/mol. The van der Waals surface area contributed by atoms with E-state index < -0.39 is 27.3 Å². The van der Waals surface area contributed by atoms with Crippen molar-refractivity contribution >= 4 is 15.7 Å². The molecule has 6 nitrogen and oxygen atoms in total. The Bertz CT molecular complexity index is 743. The van der Waals surface area contributed by atoms with Crippen LogP contribution in [-0.2, 0) is 16.6 Å². The molecule has 1 heterocycles. The van der Waals surface area contributed by atoms with Crippen molar-refractivity contribution in [1.82, 2.24) is 10.2 Å². The number of anilines is 1. The summed E-state index contributed by atoms with van der Waals surface area (Å²) in [6, 6.07) is 2.48. The molecule has 0 spiro atoms. The van der Waals surface area contributed by atoms with Crippen molar-refractivity contribution in [1.29, 1.82) is 0 Å². The fraction of sp³-hybridized carbons (Fsp3) is 0.182. The summed E-state index contributed by atoms with van der Waals surface area (Å²) in [4.78, 5) is -0.163. The average Bonchev–Trinajstić information content (AvgIpc) is 2.75. The third-order valence-electron chi connectivity index (χ3n) is 2.60. The molecule has 0 aliphatic carbocycles. The Balaban J connectivity index is 2.46. The molecule has 108 valence electrons. The van der Waals surface area contributed by atoms with Gasteiger partial charge < -0.3 is 5.73 Å². The van der Waals surface area contributed by atoms with E-state index in [2.05, 4.69) is 10.2 Å². The lowest BCUT2D eigenvalue weighted by molar-refractivity contribution is 0.593. The molecular weight excluding hydrogens is 290 g/mol. The van der Waals surface area contributed by atoms with E-state index in [1.165, 1.54) is 6.92 Å². The van der Waals surface area contributed by atoms with Crippen molar-refractivity contribution in [2.75, 3.05) is 4.72 Å². The molecule has 0 radical (unpaired) electrons. The summed E-state index contributed by atoms with van der Waals surface area (Å²) in [6.45, 7) is 1.38. The van der Waals surface area contributed by atoms with Gasteiger partial charge >= 0.3 is 0 Å². The molecule has 2 rings (SSSR count). The van der Waals surface area contributed by atoms with E-state index in [9.17, 15) is 17.2 Å². The lowest BCUT2D eigenvalue weighted by Gasteiger charge is -2.09. The SMILES string of the molecule is Cc1[nH]nc(CN)c1S(=O)(=O)Nc1cc(F)ccc1F. The lowest BCUT2D eigenvalue weighted by atomic mass is 10.3. The van der Waals surface area contributed by atoms with Gasteiger partial charge in [0.05, 0.1) is 17.1 Å². The highest BCUT2D eigenvalue weighted by Gasteiger charge is 2.24. The zero-order valence-electron chi connectivity index (χ0n) is 10.4. The Morgan fingerprint density at radius 2 is 2.10 bits per heavy atom. The molecule has 20 heavy (non-hydrogen) atoms. The van der Waals surface area contributed by atoms with Crippen molar-refractivity contribution in [2.24, 2.45) is 5.73 Å². The maximum Gasteiger partial charge on any atom is 0.265 e. The number of aromatic nitrogens is 2. The number of hydrogen-bond acceptors (Lipinski definition) is 4. The lowest BCUT2D eigenvalue weighted by Crippen LogP contribution is -2.17. The molecule has 9 heteroatoms. The topological polar surface area (TPSA) is 101 Å². The highest BCUT2D eigenvalue weighted by atomic mass is 32.2. The Labute approximate surface area is 114 Å². The van der Waals surface area contributed by atoms with Crippen molar-refractivity contribution < 1.29 is 17.2 Å². The number of aryl methyl sites for hydroxylation is 1. The van der Waals surface area contributed by atoms with Crippen molar-refractivity contribution in [3.05, 3.63) is 41.2 Å². The van der Waals surface area contributed by atoms with E-state index in [1.54, 1.807) is 0 Å². The molecule has 0 aliphatic rings. The summed E-state index contributed by atoms with van der Waals surface area (Å²) in [5.41, 5.74) is 5.30. The molecule has 4 N–H and O–H groups in total. The molecule has 1 aromatic carbocycles. The second kappa shape index (κ2) is 5.17. The number of nitrogens with two attached hydrogens (primary N) is 1. The number of hydrogen-bond donors (Lipinski definition) is 3.